The number of hydrogen-bond donors (Lipinski definition) is 1. The highest BCUT2D eigenvalue weighted by molar-refractivity contribution is 6.33. The van der Waals surface area contributed by atoms with Crippen LogP contribution in [0.5, 0.6) is 5.75 Å². The highest BCUT2D eigenvalue weighted by atomic mass is 35.5. The van der Waals surface area contributed by atoms with Crippen LogP contribution in [0.2, 0.25) is 5.02 Å². The lowest BCUT2D eigenvalue weighted by Crippen LogP contribution is -2.12. The summed E-state index contributed by atoms with van der Waals surface area (Å²) in [6, 6.07) is 8.26. The molecule has 3 nitrogen and oxygen atoms in total. The van der Waals surface area contributed by atoms with Crippen LogP contribution in [0, 0.1) is 11.6 Å². The first-order chi connectivity index (χ1) is 10.5. The van der Waals surface area contributed by atoms with Crippen molar-refractivity contribution in [1.82, 2.24) is 0 Å². The highest BCUT2D eigenvalue weighted by Gasteiger charge is 2.09. The molecule has 1 N–H and O–H groups in total. The van der Waals surface area contributed by atoms with Gasteiger partial charge in [-0.25, -0.2) is 8.78 Å². The number of anilines is 1. The Balaban J connectivity index is 1.94. The van der Waals surface area contributed by atoms with Crippen molar-refractivity contribution in [3.05, 3.63) is 58.6 Å². The zero-order chi connectivity index (χ0) is 16.1. The van der Waals surface area contributed by atoms with E-state index in [4.69, 9.17) is 16.3 Å². The van der Waals surface area contributed by atoms with Crippen LogP contribution in [-0.2, 0) is 11.2 Å². The van der Waals surface area contributed by atoms with Crippen LogP contribution in [0.15, 0.2) is 36.4 Å². The first-order valence-corrected chi connectivity index (χ1v) is 6.94. The Morgan fingerprint density at radius 1 is 1.23 bits per heavy atom. The molecule has 0 saturated heterocycles. The maximum atomic E-state index is 13.5. The smallest absolute Gasteiger partial charge is 0.224 e. The van der Waals surface area contributed by atoms with Gasteiger partial charge >= 0.3 is 0 Å². The van der Waals surface area contributed by atoms with Crippen molar-refractivity contribution in [3.8, 4) is 5.75 Å². The second-order valence-electron chi connectivity index (χ2n) is 4.64. The summed E-state index contributed by atoms with van der Waals surface area (Å²) < 4.78 is 31.3. The molecule has 0 bridgehead atoms. The minimum absolute atomic E-state index is 0.129. The number of nitrogens with one attached hydrogen (secondary N) is 1. The van der Waals surface area contributed by atoms with Crippen LogP contribution in [0.3, 0.4) is 0 Å². The quantitative estimate of drug-likeness (QED) is 0.894. The Labute approximate surface area is 131 Å². The molecule has 0 heterocycles. The molecule has 0 aliphatic carbocycles. The summed E-state index contributed by atoms with van der Waals surface area (Å²) in [7, 11) is 1.39. The molecule has 116 valence electrons. The average Bonchev–Trinajstić information content (AvgIpc) is 2.48. The fourth-order valence-corrected chi connectivity index (χ4v) is 2.14. The van der Waals surface area contributed by atoms with Crippen molar-refractivity contribution in [2.75, 3.05) is 12.4 Å². The molecule has 0 aliphatic heterocycles. The summed E-state index contributed by atoms with van der Waals surface area (Å²) in [6.07, 6.45) is 0.519. The van der Waals surface area contributed by atoms with Gasteiger partial charge < -0.3 is 10.1 Å². The van der Waals surface area contributed by atoms with E-state index < -0.39 is 11.6 Å². The molecule has 0 radical (unpaired) electrons. The van der Waals surface area contributed by atoms with E-state index in [1.165, 1.54) is 31.4 Å². The van der Waals surface area contributed by atoms with Gasteiger partial charge in [-0.2, -0.15) is 0 Å². The molecule has 0 aromatic heterocycles. The standard InChI is InChI=1S/C16H14ClF2NO2/c1-22-15-6-2-10(8-13(15)19)3-7-16(21)20-14-5-4-11(18)9-12(14)17/h2,4-6,8-9H,3,7H2,1H3,(H,20,21). The fourth-order valence-electron chi connectivity index (χ4n) is 1.93. The third kappa shape index (κ3) is 4.18. The van der Waals surface area contributed by atoms with E-state index in [1.807, 2.05) is 0 Å². The van der Waals surface area contributed by atoms with Crippen LogP contribution in [-0.4, -0.2) is 13.0 Å². The number of ether oxygens (including phenoxy) is 1. The molecule has 2 rings (SSSR count). The van der Waals surface area contributed by atoms with Crippen LogP contribution in [0.4, 0.5) is 14.5 Å². The Morgan fingerprint density at radius 3 is 2.64 bits per heavy atom. The summed E-state index contributed by atoms with van der Waals surface area (Å²) in [4.78, 5) is 11.8. The van der Waals surface area contributed by atoms with E-state index in [9.17, 15) is 13.6 Å². The number of amides is 1. The molecule has 0 spiro atoms. The Bertz CT molecular complexity index is 692. The van der Waals surface area contributed by atoms with Gasteiger partial charge in [0.1, 0.15) is 5.82 Å². The summed E-state index contributed by atoms with van der Waals surface area (Å²) in [6.45, 7) is 0. The molecule has 2 aromatic rings. The second kappa shape index (κ2) is 7.22. The van der Waals surface area contributed by atoms with Crippen LogP contribution in [0.1, 0.15) is 12.0 Å². The molecule has 2 aromatic carbocycles. The third-order valence-corrected chi connectivity index (χ3v) is 3.37. The van der Waals surface area contributed by atoms with Gasteiger partial charge in [0, 0.05) is 6.42 Å². The van der Waals surface area contributed by atoms with Gasteiger partial charge in [-0.1, -0.05) is 17.7 Å². The molecule has 0 aliphatic rings. The number of benzene rings is 2. The Hall–Kier alpha value is -2.14. The van der Waals surface area contributed by atoms with E-state index in [2.05, 4.69) is 5.32 Å². The fraction of sp³-hybridized carbons (Fsp3) is 0.188. The van der Waals surface area contributed by atoms with Crippen LogP contribution in [0.25, 0.3) is 0 Å². The first kappa shape index (κ1) is 16.2. The summed E-state index contributed by atoms with van der Waals surface area (Å²) in [5.74, 6) is -1.07. The van der Waals surface area contributed by atoms with Gasteiger partial charge in [-0.3, -0.25) is 4.79 Å². The Morgan fingerprint density at radius 2 is 2.00 bits per heavy atom. The van der Waals surface area contributed by atoms with Crippen molar-refractivity contribution in [2.24, 2.45) is 0 Å². The van der Waals surface area contributed by atoms with E-state index in [0.29, 0.717) is 17.7 Å². The van der Waals surface area contributed by atoms with Gasteiger partial charge in [0.25, 0.3) is 0 Å². The molecule has 0 fully saturated rings. The number of methoxy groups -OCH3 is 1. The number of aryl methyl sites for hydroxylation is 1. The minimum atomic E-state index is -0.475. The number of carbonyl (C=O) groups excluding carboxylic acids is 1. The molecule has 6 heteroatoms. The summed E-state index contributed by atoms with van der Waals surface area (Å²) in [5, 5.41) is 2.72. The number of halogens is 3. The molecule has 0 unspecified atom stereocenters. The number of carbonyl (C=O) groups is 1. The van der Waals surface area contributed by atoms with Crippen molar-refractivity contribution >= 4 is 23.2 Å². The van der Waals surface area contributed by atoms with Gasteiger partial charge in [-0.05, 0) is 42.3 Å². The van der Waals surface area contributed by atoms with E-state index >= 15 is 0 Å². The maximum Gasteiger partial charge on any atom is 0.224 e. The average molecular weight is 326 g/mol. The zero-order valence-electron chi connectivity index (χ0n) is 11.8. The van der Waals surface area contributed by atoms with Gasteiger partial charge in [0.05, 0.1) is 17.8 Å². The summed E-state index contributed by atoms with van der Waals surface area (Å²) in [5.41, 5.74) is 1.02. The second-order valence-corrected chi connectivity index (χ2v) is 5.05. The number of hydrogen-bond acceptors (Lipinski definition) is 2. The topological polar surface area (TPSA) is 38.3 Å². The minimum Gasteiger partial charge on any atom is -0.494 e. The molecule has 22 heavy (non-hydrogen) atoms. The normalized spacial score (nSPS) is 10.4. The van der Waals surface area contributed by atoms with Crippen LogP contribution < -0.4 is 10.1 Å². The SMILES string of the molecule is COc1ccc(CCC(=O)Nc2ccc(F)cc2Cl)cc1F. The maximum absolute atomic E-state index is 13.5. The lowest BCUT2D eigenvalue weighted by molar-refractivity contribution is -0.116. The van der Waals surface area contributed by atoms with Crippen LogP contribution >= 0.6 is 11.6 Å². The van der Waals surface area contributed by atoms with Crippen molar-refractivity contribution in [3.63, 3.8) is 0 Å². The molecule has 0 saturated carbocycles. The molecule has 1 amide bonds. The summed E-state index contributed by atoms with van der Waals surface area (Å²) >= 11 is 5.83. The van der Waals surface area contributed by atoms with Gasteiger partial charge in [0.15, 0.2) is 11.6 Å². The molecule has 0 atom stereocenters. The first-order valence-electron chi connectivity index (χ1n) is 6.57. The Kier molecular flexibility index (Phi) is 5.33. The lowest BCUT2D eigenvalue weighted by atomic mass is 10.1. The highest BCUT2D eigenvalue weighted by Crippen LogP contribution is 2.23. The largest absolute Gasteiger partial charge is 0.494 e. The van der Waals surface area contributed by atoms with Gasteiger partial charge in [-0.15, -0.1) is 0 Å². The third-order valence-electron chi connectivity index (χ3n) is 3.06. The van der Waals surface area contributed by atoms with Crippen molar-refractivity contribution in [1.29, 1.82) is 0 Å². The molecular weight excluding hydrogens is 312 g/mol. The van der Waals surface area contributed by atoms with Gasteiger partial charge in [0.2, 0.25) is 5.91 Å². The van der Waals surface area contributed by atoms with E-state index in [-0.39, 0.29) is 23.1 Å². The van der Waals surface area contributed by atoms with E-state index in [0.717, 1.165) is 6.07 Å². The monoisotopic (exact) mass is 325 g/mol. The number of rotatable bonds is 5. The van der Waals surface area contributed by atoms with Crippen molar-refractivity contribution < 1.29 is 18.3 Å². The van der Waals surface area contributed by atoms with E-state index in [1.54, 1.807) is 6.07 Å². The zero-order valence-corrected chi connectivity index (χ0v) is 12.6. The van der Waals surface area contributed by atoms with Crippen molar-refractivity contribution in [2.45, 2.75) is 12.8 Å². The predicted octanol–water partition coefficient (Wildman–Crippen LogP) is 4.20. The lowest BCUT2D eigenvalue weighted by Gasteiger charge is -2.08. The predicted molar refractivity (Wildman–Crippen MR) is 81.3 cm³/mol. The molecular formula is C16H14ClF2NO2.